The van der Waals surface area contributed by atoms with Crippen LogP contribution in [-0.2, 0) is 9.84 Å². The van der Waals surface area contributed by atoms with Crippen LogP contribution in [0.4, 0.5) is 5.82 Å². The van der Waals surface area contributed by atoms with Gasteiger partial charge in [0.1, 0.15) is 11.0 Å². The van der Waals surface area contributed by atoms with E-state index in [0.29, 0.717) is 11.4 Å². The molecule has 7 heteroatoms. The molecule has 20 heavy (non-hydrogen) atoms. The average molecular weight is 311 g/mol. The number of amides is 1. The number of sulfone groups is 1. The van der Waals surface area contributed by atoms with E-state index in [-0.39, 0.29) is 16.0 Å². The topological polar surface area (TPSA) is 76.1 Å². The van der Waals surface area contributed by atoms with Gasteiger partial charge in [0.2, 0.25) is 0 Å². The number of nitrogens with zero attached hydrogens (tertiary/aromatic N) is 1. The Morgan fingerprint density at radius 1 is 1.15 bits per heavy atom. The zero-order chi connectivity index (χ0) is 14.8. The van der Waals surface area contributed by atoms with Crippen molar-refractivity contribution in [2.75, 3.05) is 11.6 Å². The summed E-state index contributed by atoms with van der Waals surface area (Å²) < 4.78 is 22.6. The van der Waals surface area contributed by atoms with E-state index in [0.717, 1.165) is 6.26 Å². The van der Waals surface area contributed by atoms with E-state index in [1.807, 2.05) is 0 Å². The number of benzene rings is 1. The van der Waals surface area contributed by atoms with Crippen molar-refractivity contribution in [3.8, 4) is 0 Å². The fraction of sp³-hybridized carbons (Fsp3) is 0.0769. The molecule has 0 aliphatic rings. The molecule has 0 aliphatic heterocycles. The molecular formula is C13H11ClN2O3S. The average Bonchev–Trinajstić information content (AvgIpc) is 2.38. The molecule has 1 N–H and O–H groups in total. The molecule has 0 atom stereocenters. The molecule has 1 amide bonds. The summed E-state index contributed by atoms with van der Waals surface area (Å²) in [6, 6.07) is 10.5. The summed E-state index contributed by atoms with van der Waals surface area (Å²) in [6.45, 7) is 0. The highest BCUT2D eigenvalue weighted by molar-refractivity contribution is 7.90. The minimum absolute atomic E-state index is 0.162. The lowest BCUT2D eigenvalue weighted by Crippen LogP contribution is -2.13. The minimum atomic E-state index is -3.27. The van der Waals surface area contributed by atoms with Gasteiger partial charge in [0, 0.05) is 11.8 Å². The van der Waals surface area contributed by atoms with Crippen LogP contribution in [0.2, 0.25) is 5.15 Å². The second-order valence-electron chi connectivity index (χ2n) is 4.10. The number of carbonyl (C=O) groups is 1. The van der Waals surface area contributed by atoms with Gasteiger partial charge in [-0.15, -0.1) is 0 Å². The number of carbonyl (C=O) groups excluding carboxylic acids is 1. The van der Waals surface area contributed by atoms with Crippen molar-refractivity contribution in [3.63, 3.8) is 0 Å². The first-order chi connectivity index (χ1) is 9.36. The SMILES string of the molecule is CS(=O)(=O)c1ccc(C(=O)Nc2cccc(Cl)n2)cc1. The second kappa shape index (κ2) is 5.60. The zero-order valence-corrected chi connectivity index (χ0v) is 12.1. The fourth-order valence-corrected chi connectivity index (χ4v) is 2.31. The summed E-state index contributed by atoms with van der Waals surface area (Å²) in [4.78, 5) is 16.0. The monoisotopic (exact) mass is 310 g/mol. The number of anilines is 1. The predicted octanol–water partition coefficient (Wildman–Crippen LogP) is 2.39. The van der Waals surface area contributed by atoms with Gasteiger partial charge >= 0.3 is 0 Å². The van der Waals surface area contributed by atoms with Crippen LogP contribution in [0.25, 0.3) is 0 Å². The molecule has 0 spiro atoms. The predicted molar refractivity (Wildman–Crippen MR) is 76.8 cm³/mol. The van der Waals surface area contributed by atoms with E-state index >= 15 is 0 Å². The van der Waals surface area contributed by atoms with Crippen LogP contribution < -0.4 is 5.32 Å². The molecule has 0 aliphatic carbocycles. The summed E-state index contributed by atoms with van der Waals surface area (Å²) in [7, 11) is -3.27. The molecule has 104 valence electrons. The number of rotatable bonds is 3. The smallest absolute Gasteiger partial charge is 0.256 e. The highest BCUT2D eigenvalue weighted by Crippen LogP contribution is 2.13. The van der Waals surface area contributed by atoms with Gasteiger partial charge in [-0.2, -0.15) is 0 Å². The second-order valence-corrected chi connectivity index (χ2v) is 6.50. The third-order valence-electron chi connectivity index (χ3n) is 2.50. The molecule has 1 heterocycles. The van der Waals surface area contributed by atoms with Gasteiger partial charge in [0.05, 0.1) is 4.90 Å². The van der Waals surface area contributed by atoms with E-state index in [4.69, 9.17) is 11.6 Å². The number of hydrogen-bond acceptors (Lipinski definition) is 4. The van der Waals surface area contributed by atoms with E-state index < -0.39 is 9.84 Å². The molecule has 5 nitrogen and oxygen atoms in total. The molecule has 0 fully saturated rings. The van der Waals surface area contributed by atoms with E-state index in [1.54, 1.807) is 18.2 Å². The molecule has 2 rings (SSSR count). The number of hydrogen-bond donors (Lipinski definition) is 1. The van der Waals surface area contributed by atoms with Crippen LogP contribution in [0, 0.1) is 0 Å². The maximum absolute atomic E-state index is 11.9. The highest BCUT2D eigenvalue weighted by Gasteiger charge is 2.10. The van der Waals surface area contributed by atoms with Gasteiger partial charge in [0.25, 0.3) is 5.91 Å². The van der Waals surface area contributed by atoms with Crippen LogP contribution in [0.5, 0.6) is 0 Å². The van der Waals surface area contributed by atoms with Crippen molar-refractivity contribution in [1.82, 2.24) is 4.98 Å². The van der Waals surface area contributed by atoms with Gasteiger partial charge in [-0.3, -0.25) is 4.79 Å². The largest absolute Gasteiger partial charge is 0.307 e. The van der Waals surface area contributed by atoms with Crippen LogP contribution in [-0.4, -0.2) is 25.6 Å². The normalized spacial score (nSPS) is 11.1. The molecule has 2 aromatic rings. The molecule has 0 radical (unpaired) electrons. The van der Waals surface area contributed by atoms with Gasteiger partial charge in [-0.05, 0) is 36.4 Å². The Morgan fingerprint density at radius 2 is 1.80 bits per heavy atom. The van der Waals surface area contributed by atoms with Crippen molar-refractivity contribution in [2.45, 2.75) is 4.90 Å². The Labute approximate surface area is 121 Å². The summed E-state index contributed by atoms with van der Waals surface area (Å²) in [5.74, 6) is -0.0606. The summed E-state index contributed by atoms with van der Waals surface area (Å²) in [6.07, 6.45) is 1.11. The summed E-state index contributed by atoms with van der Waals surface area (Å²) in [5.41, 5.74) is 0.333. The fourth-order valence-electron chi connectivity index (χ4n) is 1.52. The molecule has 0 unspecified atom stereocenters. The van der Waals surface area contributed by atoms with Crippen molar-refractivity contribution in [1.29, 1.82) is 0 Å². The Kier molecular flexibility index (Phi) is 4.06. The van der Waals surface area contributed by atoms with Crippen LogP contribution in [0.3, 0.4) is 0 Å². The van der Waals surface area contributed by atoms with Gasteiger partial charge in [0.15, 0.2) is 9.84 Å². The Morgan fingerprint density at radius 3 is 2.35 bits per heavy atom. The maximum atomic E-state index is 11.9. The third kappa shape index (κ3) is 3.55. The van der Waals surface area contributed by atoms with Crippen LogP contribution >= 0.6 is 11.6 Å². The van der Waals surface area contributed by atoms with Crippen LogP contribution in [0.1, 0.15) is 10.4 Å². The number of aromatic nitrogens is 1. The van der Waals surface area contributed by atoms with E-state index in [9.17, 15) is 13.2 Å². The minimum Gasteiger partial charge on any atom is -0.307 e. The zero-order valence-electron chi connectivity index (χ0n) is 10.5. The first-order valence-corrected chi connectivity index (χ1v) is 7.87. The van der Waals surface area contributed by atoms with Gasteiger partial charge < -0.3 is 5.32 Å². The Balaban J connectivity index is 2.18. The molecule has 0 saturated carbocycles. The molecule has 1 aromatic carbocycles. The van der Waals surface area contributed by atoms with E-state index in [2.05, 4.69) is 10.3 Å². The number of pyridine rings is 1. The molecule has 0 saturated heterocycles. The van der Waals surface area contributed by atoms with Crippen molar-refractivity contribution in [3.05, 3.63) is 53.2 Å². The quantitative estimate of drug-likeness (QED) is 0.883. The number of nitrogens with one attached hydrogen (secondary N) is 1. The Bertz CT molecular complexity index is 742. The van der Waals surface area contributed by atoms with Crippen molar-refractivity contribution in [2.24, 2.45) is 0 Å². The summed E-state index contributed by atoms with van der Waals surface area (Å²) >= 11 is 5.72. The maximum Gasteiger partial charge on any atom is 0.256 e. The van der Waals surface area contributed by atoms with Crippen molar-refractivity contribution < 1.29 is 13.2 Å². The summed E-state index contributed by atoms with van der Waals surface area (Å²) in [5, 5.41) is 2.85. The lowest BCUT2D eigenvalue weighted by Gasteiger charge is -2.05. The van der Waals surface area contributed by atoms with Crippen LogP contribution in [0.15, 0.2) is 47.4 Å². The molecule has 1 aromatic heterocycles. The lowest BCUT2D eigenvalue weighted by atomic mass is 10.2. The molecular weight excluding hydrogens is 300 g/mol. The van der Waals surface area contributed by atoms with Crippen molar-refractivity contribution >= 4 is 33.2 Å². The Hall–Kier alpha value is -1.92. The standard InChI is InChI=1S/C13H11ClN2O3S/c1-20(18,19)10-7-5-9(6-8-10)13(17)16-12-4-2-3-11(14)15-12/h2-8H,1H3,(H,15,16,17). The third-order valence-corrected chi connectivity index (χ3v) is 3.84. The first kappa shape index (κ1) is 14.5. The lowest BCUT2D eigenvalue weighted by molar-refractivity contribution is 0.102. The highest BCUT2D eigenvalue weighted by atomic mass is 35.5. The van der Waals surface area contributed by atoms with Gasteiger partial charge in [-0.1, -0.05) is 17.7 Å². The number of halogens is 1. The van der Waals surface area contributed by atoms with Gasteiger partial charge in [-0.25, -0.2) is 13.4 Å². The molecule has 0 bridgehead atoms. The first-order valence-electron chi connectivity index (χ1n) is 5.60. The van der Waals surface area contributed by atoms with E-state index in [1.165, 1.54) is 24.3 Å².